The average Bonchev–Trinajstić information content (AvgIpc) is 3.01. The Labute approximate surface area is 139 Å². The minimum atomic E-state index is -0.759. The molecule has 1 heterocycles. The van der Waals surface area contributed by atoms with Gasteiger partial charge < -0.3 is 10.1 Å². The summed E-state index contributed by atoms with van der Waals surface area (Å²) in [6.07, 6.45) is 0. The number of carbonyl (C=O) groups excluding carboxylic acids is 2. The van der Waals surface area contributed by atoms with E-state index in [0.29, 0.717) is 4.47 Å². The molecule has 1 amide bonds. The Morgan fingerprint density at radius 2 is 2.18 bits per heavy atom. The summed E-state index contributed by atoms with van der Waals surface area (Å²) in [6.45, 7) is 1.42. The molecule has 0 aliphatic rings. The van der Waals surface area contributed by atoms with Gasteiger partial charge in [-0.05, 0) is 52.5 Å². The number of ether oxygens (including phenoxy) is 1. The predicted octanol–water partition coefficient (Wildman–Crippen LogP) is 3.68. The number of rotatable bonds is 5. The standard InChI is InChI=1S/C15H13BrFNO3S/c1-9(13-3-2-6-22-13)18-14(19)8-21-15(20)11-7-10(17)4-5-12(11)16/h2-7,9H,8H2,1H3,(H,18,19)/t9-/m1/s1. The zero-order chi connectivity index (χ0) is 16.1. The van der Waals surface area contributed by atoms with E-state index in [4.69, 9.17) is 4.74 Å². The molecule has 116 valence electrons. The highest BCUT2D eigenvalue weighted by Gasteiger charge is 2.16. The molecule has 2 aromatic rings. The number of carbonyl (C=O) groups is 2. The molecule has 1 atom stereocenters. The van der Waals surface area contributed by atoms with Crippen molar-refractivity contribution in [2.45, 2.75) is 13.0 Å². The minimum Gasteiger partial charge on any atom is -0.452 e. The fourth-order valence-electron chi connectivity index (χ4n) is 1.75. The molecule has 0 bridgehead atoms. The number of thiophene rings is 1. The van der Waals surface area contributed by atoms with Crippen molar-refractivity contribution in [3.8, 4) is 0 Å². The van der Waals surface area contributed by atoms with Gasteiger partial charge in [0.25, 0.3) is 5.91 Å². The SMILES string of the molecule is C[C@@H](NC(=O)COC(=O)c1cc(F)ccc1Br)c1cccs1. The van der Waals surface area contributed by atoms with Crippen LogP contribution in [0.1, 0.15) is 28.2 Å². The molecule has 0 aliphatic carbocycles. The minimum absolute atomic E-state index is 0.0408. The molecule has 1 N–H and O–H groups in total. The van der Waals surface area contributed by atoms with Gasteiger partial charge in [0, 0.05) is 9.35 Å². The third-order valence-electron chi connectivity index (χ3n) is 2.83. The van der Waals surface area contributed by atoms with Crippen molar-refractivity contribution in [3.63, 3.8) is 0 Å². The quantitative estimate of drug-likeness (QED) is 0.798. The van der Waals surface area contributed by atoms with Crippen LogP contribution in [0.2, 0.25) is 0 Å². The summed E-state index contributed by atoms with van der Waals surface area (Å²) in [5.74, 6) is -1.72. The van der Waals surface area contributed by atoms with Crippen LogP contribution in [0.25, 0.3) is 0 Å². The lowest BCUT2D eigenvalue weighted by molar-refractivity contribution is -0.124. The summed E-state index contributed by atoms with van der Waals surface area (Å²) in [4.78, 5) is 24.6. The summed E-state index contributed by atoms with van der Waals surface area (Å²) >= 11 is 4.67. The van der Waals surface area contributed by atoms with Crippen molar-refractivity contribution in [1.82, 2.24) is 5.32 Å². The largest absolute Gasteiger partial charge is 0.452 e. The number of hydrogen-bond acceptors (Lipinski definition) is 4. The van der Waals surface area contributed by atoms with E-state index in [2.05, 4.69) is 21.2 Å². The van der Waals surface area contributed by atoms with Crippen LogP contribution in [0.15, 0.2) is 40.2 Å². The van der Waals surface area contributed by atoms with Crippen molar-refractivity contribution in [1.29, 1.82) is 0 Å². The summed E-state index contributed by atoms with van der Waals surface area (Å²) in [5, 5.41) is 4.64. The van der Waals surface area contributed by atoms with Gasteiger partial charge in [-0.2, -0.15) is 0 Å². The summed E-state index contributed by atoms with van der Waals surface area (Å²) in [7, 11) is 0. The smallest absolute Gasteiger partial charge is 0.339 e. The Balaban J connectivity index is 1.88. The molecule has 1 aromatic heterocycles. The summed E-state index contributed by atoms with van der Waals surface area (Å²) < 4.78 is 18.4. The van der Waals surface area contributed by atoms with Crippen molar-refractivity contribution in [2.75, 3.05) is 6.61 Å². The third kappa shape index (κ3) is 4.38. The number of halogens is 2. The molecule has 22 heavy (non-hydrogen) atoms. The average molecular weight is 386 g/mol. The molecule has 0 saturated carbocycles. The van der Waals surface area contributed by atoms with E-state index in [1.807, 2.05) is 24.4 Å². The van der Waals surface area contributed by atoms with Gasteiger partial charge in [-0.15, -0.1) is 11.3 Å². The second-order valence-corrected chi connectivity index (χ2v) is 6.34. The van der Waals surface area contributed by atoms with Gasteiger partial charge in [0.1, 0.15) is 5.82 Å². The van der Waals surface area contributed by atoms with Crippen molar-refractivity contribution < 1.29 is 18.7 Å². The van der Waals surface area contributed by atoms with E-state index in [9.17, 15) is 14.0 Å². The van der Waals surface area contributed by atoms with Crippen LogP contribution in [0.4, 0.5) is 4.39 Å². The molecule has 4 nitrogen and oxygen atoms in total. The fraction of sp³-hybridized carbons (Fsp3) is 0.200. The second-order valence-electron chi connectivity index (χ2n) is 4.50. The topological polar surface area (TPSA) is 55.4 Å². The van der Waals surface area contributed by atoms with Crippen molar-refractivity contribution >= 4 is 39.1 Å². The molecular formula is C15H13BrFNO3S. The molecule has 7 heteroatoms. The number of esters is 1. The van der Waals surface area contributed by atoms with E-state index in [1.165, 1.54) is 23.5 Å². The van der Waals surface area contributed by atoms with Gasteiger partial charge in [-0.3, -0.25) is 4.79 Å². The Kier molecular flexibility index (Phi) is 5.68. The molecule has 2 rings (SSSR count). The maximum atomic E-state index is 13.1. The molecule has 1 aromatic carbocycles. The van der Waals surface area contributed by atoms with Crippen molar-refractivity contribution in [3.05, 3.63) is 56.4 Å². The highest BCUT2D eigenvalue weighted by Crippen LogP contribution is 2.19. The highest BCUT2D eigenvalue weighted by molar-refractivity contribution is 9.10. The van der Waals surface area contributed by atoms with Gasteiger partial charge in [0.2, 0.25) is 0 Å². The first-order chi connectivity index (χ1) is 10.5. The fourth-order valence-corrected chi connectivity index (χ4v) is 2.90. The molecule has 0 radical (unpaired) electrons. The van der Waals surface area contributed by atoms with E-state index in [0.717, 1.165) is 10.9 Å². The predicted molar refractivity (Wildman–Crippen MR) is 85.3 cm³/mol. The first kappa shape index (κ1) is 16.6. The van der Waals surface area contributed by atoms with Gasteiger partial charge in [0.05, 0.1) is 11.6 Å². The number of amides is 1. The lowest BCUT2D eigenvalue weighted by Gasteiger charge is -2.12. The molecule has 0 aliphatic heterocycles. The number of hydrogen-bond donors (Lipinski definition) is 1. The maximum absolute atomic E-state index is 13.1. The maximum Gasteiger partial charge on any atom is 0.339 e. The zero-order valence-electron chi connectivity index (χ0n) is 11.6. The van der Waals surface area contributed by atoms with Crippen LogP contribution in [0, 0.1) is 5.82 Å². The number of nitrogens with one attached hydrogen (secondary N) is 1. The molecule has 0 saturated heterocycles. The summed E-state index contributed by atoms with van der Waals surface area (Å²) in [5.41, 5.74) is 0.0408. The van der Waals surface area contributed by atoms with E-state index >= 15 is 0 Å². The van der Waals surface area contributed by atoms with Gasteiger partial charge in [-0.25, -0.2) is 9.18 Å². The van der Waals surface area contributed by atoms with Crippen LogP contribution in [-0.4, -0.2) is 18.5 Å². The lowest BCUT2D eigenvalue weighted by atomic mass is 10.2. The van der Waals surface area contributed by atoms with Crippen LogP contribution in [-0.2, 0) is 9.53 Å². The first-order valence-corrected chi connectivity index (χ1v) is 8.09. The zero-order valence-corrected chi connectivity index (χ0v) is 14.0. The van der Waals surface area contributed by atoms with Gasteiger partial charge in [0.15, 0.2) is 6.61 Å². The van der Waals surface area contributed by atoms with Crippen LogP contribution in [0.3, 0.4) is 0 Å². The van der Waals surface area contributed by atoms with Gasteiger partial charge >= 0.3 is 5.97 Å². The van der Waals surface area contributed by atoms with Crippen LogP contribution >= 0.6 is 27.3 Å². The summed E-state index contributed by atoms with van der Waals surface area (Å²) in [6, 6.07) is 7.32. The highest BCUT2D eigenvalue weighted by atomic mass is 79.9. The first-order valence-electron chi connectivity index (χ1n) is 6.42. The molecule has 0 unspecified atom stereocenters. The van der Waals surface area contributed by atoms with Crippen LogP contribution in [0.5, 0.6) is 0 Å². The molecule has 0 spiro atoms. The molecular weight excluding hydrogens is 373 g/mol. The van der Waals surface area contributed by atoms with E-state index in [1.54, 1.807) is 0 Å². The normalized spacial score (nSPS) is 11.8. The molecule has 0 fully saturated rings. The Hall–Kier alpha value is -1.73. The monoisotopic (exact) mass is 385 g/mol. The Morgan fingerprint density at radius 3 is 2.86 bits per heavy atom. The van der Waals surface area contributed by atoms with Crippen molar-refractivity contribution in [2.24, 2.45) is 0 Å². The lowest BCUT2D eigenvalue weighted by Crippen LogP contribution is -2.30. The third-order valence-corrected chi connectivity index (χ3v) is 4.58. The Bertz CT molecular complexity index is 675. The Morgan fingerprint density at radius 1 is 1.41 bits per heavy atom. The number of benzene rings is 1. The second kappa shape index (κ2) is 7.51. The van der Waals surface area contributed by atoms with Gasteiger partial charge in [-0.1, -0.05) is 6.07 Å². The van der Waals surface area contributed by atoms with Crippen LogP contribution < -0.4 is 5.32 Å². The van der Waals surface area contributed by atoms with E-state index in [-0.39, 0.29) is 11.6 Å². The van der Waals surface area contributed by atoms with E-state index < -0.39 is 24.3 Å².